The molecular formula is C16H29N3O. The smallest absolute Gasteiger partial charge is 0.123 e. The number of nitrogens with one attached hydrogen (secondary N) is 1. The maximum atomic E-state index is 10.3. The van der Waals surface area contributed by atoms with E-state index in [0.717, 1.165) is 18.9 Å². The molecule has 0 radical (unpaired) electrons. The lowest BCUT2D eigenvalue weighted by Crippen LogP contribution is -2.43. The van der Waals surface area contributed by atoms with Gasteiger partial charge in [0.15, 0.2) is 0 Å². The Morgan fingerprint density at radius 1 is 0.950 bits per heavy atom. The lowest BCUT2D eigenvalue weighted by Gasteiger charge is -2.41. The van der Waals surface area contributed by atoms with Crippen molar-refractivity contribution in [3.63, 3.8) is 0 Å². The molecule has 0 aromatic rings. The van der Waals surface area contributed by atoms with Crippen LogP contribution in [0.2, 0.25) is 0 Å². The predicted molar refractivity (Wildman–Crippen MR) is 79.5 cm³/mol. The third-order valence-corrected chi connectivity index (χ3v) is 5.69. The summed E-state index contributed by atoms with van der Waals surface area (Å²) in [6.45, 7) is 3.30. The molecule has 4 nitrogen and oxygen atoms in total. The zero-order chi connectivity index (χ0) is 13.9. The molecule has 4 heteroatoms. The van der Waals surface area contributed by atoms with E-state index in [1.807, 2.05) is 0 Å². The van der Waals surface area contributed by atoms with E-state index in [4.69, 9.17) is 0 Å². The van der Waals surface area contributed by atoms with Gasteiger partial charge < -0.3 is 5.11 Å². The van der Waals surface area contributed by atoms with Crippen molar-refractivity contribution >= 4 is 0 Å². The number of aliphatic hydroxyl groups excluding tert-OH is 1. The Morgan fingerprint density at radius 3 is 2.65 bits per heavy atom. The minimum atomic E-state index is -0.267. The van der Waals surface area contributed by atoms with Crippen LogP contribution in [0, 0.1) is 17.8 Å². The second-order valence-electron chi connectivity index (χ2n) is 7.09. The number of piperidine rings is 1. The summed E-state index contributed by atoms with van der Waals surface area (Å²) in [6, 6.07) is 0.0602. The largest absolute Gasteiger partial charge is 0.391 e. The van der Waals surface area contributed by atoms with Crippen LogP contribution in [0.25, 0.3) is 0 Å². The summed E-state index contributed by atoms with van der Waals surface area (Å²) in [5, 5.41) is 23.0. The van der Waals surface area contributed by atoms with E-state index in [1.54, 1.807) is 0 Å². The Morgan fingerprint density at radius 2 is 1.80 bits per heavy atom. The zero-order valence-electron chi connectivity index (χ0n) is 12.7. The third-order valence-electron chi connectivity index (χ3n) is 5.69. The van der Waals surface area contributed by atoms with Gasteiger partial charge in [-0.3, -0.25) is 5.32 Å². The van der Waals surface area contributed by atoms with Crippen LogP contribution < -0.4 is 5.32 Å². The van der Waals surface area contributed by atoms with Gasteiger partial charge in [-0.05, 0) is 56.4 Å². The summed E-state index contributed by atoms with van der Waals surface area (Å²) >= 11 is 0. The fourth-order valence-electron chi connectivity index (χ4n) is 4.38. The summed E-state index contributed by atoms with van der Waals surface area (Å²) in [7, 11) is 0. The average Bonchev–Trinajstić information content (AvgIpc) is 2.48. The molecule has 0 aromatic heterocycles. The van der Waals surface area contributed by atoms with Gasteiger partial charge >= 0.3 is 0 Å². The average molecular weight is 279 g/mol. The minimum absolute atomic E-state index is 0.0602. The Hall–Kier alpha value is -0.480. The minimum Gasteiger partial charge on any atom is -0.391 e. The van der Waals surface area contributed by atoms with Crippen LogP contribution in [-0.4, -0.2) is 30.0 Å². The van der Waals surface area contributed by atoms with E-state index >= 15 is 0 Å². The molecule has 0 spiro atoms. The summed E-state index contributed by atoms with van der Waals surface area (Å²) < 4.78 is 0. The molecule has 6 unspecified atom stereocenters. The SMILES string of the molecule is CC1CCCNC1N=NC1C(O)CCC2CCCCC21. The quantitative estimate of drug-likeness (QED) is 0.763. The number of rotatable bonds is 2. The van der Waals surface area contributed by atoms with Gasteiger partial charge in [0.1, 0.15) is 6.17 Å². The molecular weight excluding hydrogens is 250 g/mol. The monoisotopic (exact) mass is 279 g/mol. The maximum Gasteiger partial charge on any atom is 0.123 e. The van der Waals surface area contributed by atoms with Gasteiger partial charge in [-0.25, -0.2) is 0 Å². The lowest BCUT2D eigenvalue weighted by atomic mass is 9.67. The molecule has 3 fully saturated rings. The highest BCUT2D eigenvalue weighted by Gasteiger charge is 2.40. The standard InChI is InChI=1S/C16H29N3O/c1-11-5-4-10-17-16(11)19-18-15-13-7-3-2-6-12(13)8-9-14(15)20/h11-17,20H,2-10H2,1H3. The van der Waals surface area contributed by atoms with E-state index in [2.05, 4.69) is 22.5 Å². The number of hydrogen-bond donors (Lipinski definition) is 2. The molecule has 6 atom stereocenters. The number of hydrogen-bond acceptors (Lipinski definition) is 4. The summed E-state index contributed by atoms with van der Waals surface area (Å²) in [4.78, 5) is 0. The maximum absolute atomic E-state index is 10.3. The highest BCUT2D eigenvalue weighted by Crippen LogP contribution is 2.42. The van der Waals surface area contributed by atoms with E-state index in [-0.39, 0.29) is 18.3 Å². The van der Waals surface area contributed by atoms with Crippen LogP contribution in [0.4, 0.5) is 0 Å². The summed E-state index contributed by atoms with van der Waals surface area (Å²) in [5.74, 6) is 1.93. The Balaban J connectivity index is 1.66. The van der Waals surface area contributed by atoms with Crippen molar-refractivity contribution in [1.82, 2.24) is 5.32 Å². The first-order valence-corrected chi connectivity index (χ1v) is 8.57. The predicted octanol–water partition coefficient (Wildman–Crippen LogP) is 3.11. The first-order chi connectivity index (χ1) is 9.75. The van der Waals surface area contributed by atoms with Crippen LogP contribution in [0.1, 0.15) is 58.3 Å². The molecule has 0 bridgehead atoms. The number of nitrogens with zero attached hydrogens (tertiary/aromatic N) is 2. The van der Waals surface area contributed by atoms with Crippen LogP contribution in [0.3, 0.4) is 0 Å². The molecule has 1 aliphatic heterocycles. The molecule has 20 heavy (non-hydrogen) atoms. The van der Waals surface area contributed by atoms with Gasteiger partial charge in [0.05, 0.1) is 12.1 Å². The van der Waals surface area contributed by atoms with E-state index < -0.39 is 0 Å². The van der Waals surface area contributed by atoms with Crippen LogP contribution in [0.5, 0.6) is 0 Å². The molecule has 1 saturated heterocycles. The summed E-state index contributed by atoms with van der Waals surface area (Å²) in [5.41, 5.74) is 0. The summed E-state index contributed by atoms with van der Waals surface area (Å²) in [6.07, 6.45) is 9.71. The molecule has 2 saturated carbocycles. The van der Waals surface area contributed by atoms with Crippen molar-refractivity contribution in [1.29, 1.82) is 0 Å². The highest BCUT2D eigenvalue weighted by molar-refractivity contribution is 4.93. The molecule has 3 rings (SSSR count). The van der Waals surface area contributed by atoms with Crippen LogP contribution in [0.15, 0.2) is 10.2 Å². The Kier molecular flexibility index (Phi) is 4.72. The molecule has 3 aliphatic rings. The number of fused-ring (bicyclic) bond motifs is 1. The number of azo groups is 1. The van der Waals surface area contributed by atoms with Crippen molar-refractivity contribution < 1.29 is 5.11 Å². The van der Waals surface area contributed by atoms with E-state index in [0.29, 0.717) is 11.8 Å². The van der Waals surface area contributed by atoms with Crippen molar-refractivity contribution in [3.05, 3.63) is 0 Å². The van der Waals surface area contributed by atoms with Crippen molar-refractivity contribution in [2.45, 2.75) is 76.6 Å². The molecule has 1 heterocycles. The first kappa shape index (κ1) is 14.5. The highest BCUT2D eigenvalue weighted by atomic mass is 16.3. The second kappa shape index (κ2) is 6.52. The van der Waals surface area contributed by atoms with Gasteiger partial charge in [0.25, 0.3) is 0 Å². The van der Waals surface area contributed by atoms with Gasteiger partial charge in [-0.1, -0.05) is 26.2 Å². The first-order valence-electron chi connectivity index (χ1n) is 8.57. The van der Waals surface area contributed by atoms with Crippen molar-refractivity contribution in [3.8, 4) is 0 Å². The lowest BCUT2D eigenvalue weighted by molar-refractivity contribution is 0.0231. The fourth-order valence-corrected chi connectivity index (χ4v) is 4.38. The van der Waals surface area contributed by atoms with Crippen LogP contribution >= 0.6 is 0 Å². The molecule has 114 valence electrons. The number of aliphatic hydroxyl groups is 1. The van der Waals surface area contributed by atoms with Crippen molar-refractivity contribution in [2.24, 2.45) is 28.0 Å². The van der Waals surface area contributed by atoms with Crippen molar-refractivity contribution in [2.75, 3.05) is 6.54 Å². The Labute approximate surface area is 122 Å². The zero-order valence-corrected chi connectivity index (χ0v) is 12.7. The third kappa shape index (κ3) is 3.06. The molecule has 2 N–H and O–H groups in total. The van der Waals surface area contributed by atoms with Gasteiger partial charge in [-0.2, -0.15) is 10.2 Å². The molecule has 2 aliphatic carbocycles. The molecule has 0 amide bonds. The normalized spacial score (nSPS) is 46.3. The fraction of sp³-hybridized carbons (Fsp3) is 1.00. The van der Waals surface area contributed by atoms with Gasteiger partial charge in [-0.15, -0.1) is 0 Å². The second-order valence-corrected chi connectivity index (χ2v) is 7.09. The molecule has 0 aromatic carbocycles. The van der Waals surface area contributed by atoms with E-state index in [1.165, 1.54) is 44.9 Å². The van der Waals surface area contributed by atoms with Gasteiger partial charge in [0, 0.05) is 0 Å². The topological polar surface area (TPSA) is 57.0 Å². The van der Waals surface area contributed by atoms with Crippen LogP contribution in [-0.2, 0) is 0 Å². The van der Waals surface area contributed by atoms with Gasteiger partial charge in [0.2, 0.25) is 0 Å². The van der Waals surface area contributed by atoms with E-state index in [9.17, 15) is 5.11 Å². The Bertz CT molecular complexity index is 347.